The number of unbranched alkanes of at least 4 members (excludes halogenated alkanes) is 3. The number of carbonyl (C=O) groups is 3. The van der Waals surface area contributed by atoms with Crippen LogP contribution in [0, 0.1) is 5.92 Å². The van der Waals surface area contributed by atoms with Gasteiger partial charge in [0.1, 0.15) is 6.04 Å². The minimum atomic E-state index is -1.04. The topological polar surface area (TPSA) is 98.2 Å². The SMILES string of the molecule is CCCCCC[C@H](CN(CC)C(=O)N1Cc2ccccc2C[C@H]1C(=O)O)C(=O)O. The molecule has 0 unspecified atom stereocenters. The van der Waals surface area contributed by atoms with Crippen molar-refractivity contribution in [1.29, 1.82) is 0 Å². The summed E-state index contributed by atoms with van der Waals surface area (Å²) < 4.78 is 0. The van der Waals surface area contributed by atoms with Gasteiger partial charge in [-0.25, -0.2) is 9.59 Å². The van der Waals surface area contributed by atoms with Crippen LogP contribution in [0.3, 0.4) is 0 Å². The molecule has 0 saturated carbocycles. The molecule has 0 radical (unpaired) electrons. The largest absolute Gasteiger partial charge is 0.481 e. The molecule has 1 aromatic carbocycles. The van der Waals surface area contributed by atoms with E-state index < -0.39 is 29.9 Å². The number of nitrogens with zero attached hydrogens (tertiary/aromatic N) is 2. The van der Waals surface area contributed by atoms with Gasteiger partial charge in [0.2, 0.25) is 0 Å². The van der Waals surface area contributed by atoms with Gasteiger partial charge in [-0.15, -0.1) is 0 Å². The summed E-state index contributed by atoms with van der Waals surface area (Å²) in [7, 11) is 0. The maximum Gasteiger partial charge on any atom is 0.326 e. The summed E-state index contributed by atoms with van der Waals surface area (Å²) in [4.78, 5) is 39.5. The molecule has 2 N–H and O–H groups in total. The highest BCUT2D eigenvalue weighted by Crippen LogP contribution is 2.25. The number of carboxylic acids is 2. The summed E-state index contributed by atoms with van der Waals surface area (Å²) in [5.41, 5.74) is 1.87. The van der Waals surface area contributed by atoms with Crippen LogP contribution >= 0.6 is 0 Å². The van der Waals surface area contributed by atoms with E-state index in [9.17, 15) is 24.6 Å². The number of fused-ring (bicyclic) bond motifs is 1. The summed E-state index contributed by atoms with van der Waals surface area (Å²) in [6.07, 6.45) is 4.70. The first-order valence-corrected chi connectivity index (χ1v) is 10.5. The summed E-state index contributed by atoms with van der Waals surface area (Å²) in [5, 5.41) is 19.3. The Bertz CT molecular complexity index is 721. The quantitative estimate of drug-likeness (QED) is 0.581. The van der Waals surface area contributed by atoms with Crippen molar-refractivity contribution in [3.05, 3.63) is 35.4 Å². The molecule has 2 atom stereocenters. The molecule has 2 amide bonds. The predicted octanol–water partition coefficient (Wildman–Crippen LogP) is 3.61. The van der Waals surface area contributed by atoms with Crippen molar-refractivity contribution in [3.8, 4) is 0 Å². The van der Waals surface area contributed by atoms with E-state index in [4.69, 9.17) is 0 Å². The van der Waals surface area contributed by atoms with E-state index in [2.05, 4.69) is 6.92 Å². The first kappa shape index (κ1) is 22.7. The van der Waals surface area contributed by atoms with Gasteiger partial charge in [0.25, 0.3) is 0 Å². The number of benzene rings is 1. The summed E-state index contributed by atoms with van der Waals surface area (Å²) in [6, 6.07) is 6.17. The molecule has 0 bridgehead atoms. The maximum atomic E-state index is 13.2. The van der Waals surface area contributed by atoms with Gasteiger partial charge >= 0.3 is 18.0 Å². The van der Waals surface area contributed by atoms with Gasteiger partial charge in [0.05, 0.1) is 5.92 Å². The van der Waals surface area contributed by atoms with Crippen LogP contribution in [0.2, 0.25) is 0 Å². The van der Waals surface area contributed by atoms with Crippen LogP contribution in [-0.4, -0.2) is 57.1 Å². The molecule has 7 nitrogen and oxygen atoms in total. The Morgan fingerprint density at radius 2 is 1.79 bits per heavy atom. The minimum Gasteiger partial charge on any atom is -0.481 e. The first-order valence-electron chi connectivity index (χ1n) is 10.5. The third kappa shape index (κ3) is 5.95. The van der Waals surface area contributed by atoms with E-state index in [0.717, 1.165) is 36.8 Å². The standard InChI is InChI=1S/C22H32N2O5/c1-3-5-6-7-12-18(20(25)26)14-23(4-2)22(29)24-15-17-11-9-8-10-16(17)13-19(24)21(27)28/h8-11,18-19H,3-7,12-15H2,1-2H3,(H,25,26)(H,27,28)/t18-,19+/m1/s1. The Balaban J connectivity index is 2.13. The average molecular weight is 405 g/mol. The molecule has 1 heterocycles. The lowest BCUT2D eigenvalue weighted by Gasteiger charge is -2.38. The third-order valence-electron chi connectivity index (χ3n) is 5.63. The fourth-order valence-corrected chi connectivity index (χ4v) is 3.85. The second-order valence-corrected chi connectivity index (χ2v) is 7.66. The zero-order valence-electron chi connectivity index (χ0n) is 17.3. The van der Waals surface area contributed by atoms with Crippen LogP contribution in [0.5, 0.6) is 0 Å². The summed E-state index contributed by atoms with van der Waals surface area (Å²) in [6.45, 7) is 4.55. The number of hydrogen-bond donors (Lipinski definition) is 2. The summed E-state index contributed by atoms with van der Waals surface area (Å²) >= 11 is 0. The maximum absolute atomic E-state index is 13.2. The van der Waals surface area contributed by atoms with Crippen molar-refractivity contribution in [2.24, 2.45) is 5.92 Å². The van der Waals surface area contributed by atoms with Gasteiger partial charge in [-0.3, -0.25) is 4.79 Å². The van der Waals surface area contributed by atoms with E-state index >= 15 is 0 Å². The molecule has 0 aliphatic carbocycles. The van der Waals surface area contributed by atoms with Gasteiger partial charge in [0.15, 0.2) is 0 Å². The van der Waals surface area contributed by atoms with Crippen molar-refractivity contribution < 1.29 is 24.6 Å². The average Bonchev–Trinajstić information content (AvgIpc) is 2.71. The zero-order chi connectivity index (χ0) is 21.4. The number of carbonyl (C=O) groups excluding carboxylic acids is 1. The fraction of sp³-hybridized carbons (Fsp3) is 0.591. The fourth-order valence-electron chi connectivity index (χ4n) is 3.85. The molecule has 0 fully saturated rings. The lowest BCUT2D eigenvalue weighted by Crippen LogP contribution is -2.54. The Labute approximate surface area is 172 Å². The van der Waals surface area contributed by atoms with Crippen LogP contribution in [0.1, 0.15) is 57.1 Å². The van der Waals surface area contributed by atoms with Crippen molar-refractivity contribution in [1.82, 2.24) is 9.80 Å². The lowest BCUT2D eigenvalue weighted by atomic mass is 9.94. The molecule has 2 rings (SSSR count). The molecule has 0 saturated heterocycles. The molecule has 0 spiro atoms. The monoisotopic (exact) mass is 404 g/mol. The molecule has 1 aromatic rings. The van der Waals surface area contributed by atoms with E-state index in [1.165, 1.54) is 9.80 Å². The molecule has 0 aromatic heterocycles. The van der Waals surface area contributed by atoms with Crippen LogP contribution in [-0.2, 0) is 22.6 Å². The predicted molar refractivity (Wildman–Crippen MR) is 110 cm³/mol. The smallest absolute Gasteiger partial charge is 0.326 e. The Morgan fingerprint density at radius 3 is 2.38 bits per heavy atom. The van der Waals surface area contributed by atoms with Crippen LogP contribution in [0.15, 0.2) is 24.3 Å². The van der Waals surface area contributed by atoms with E-state index in [0.29, 0.717) is 13.0 Å². The lowest BCUT2D eigenvalue weighted by molar-refractivity contribution is -0.144. The number of amides is 2. The van der Waals surface area contributed by atoms with Gasteiger partial charge in [-0.2, -0.15) is 0 Å². The van der Waals surface area contributed by atoms with Gasteiger partial charge in [-0.1, -0.05) is 56.9 Å². The first-order chi connectivity index (χ1) is 13.9. The summed E-state index contributed by atoms with van der Waals surface area (Å²) in [5.74, 6) is -2.60. The number of aliphatic carboxylic acids is 2. The minimum absolute atomic E-state index is 0.0985. The highest BCUT2D eigenvalue weighted by atomic mass is 16.4. The molecule has 1 aliphatic heterocycles. The van der Waals surface area contributed by atoms with Crippen molar-refractivity contribution in [2.45, 2.75) is 65.0 Å². The van der Waals surface area contributed by atoms with E-state index in [-0.39, 0.29) is 19.5 Å². The van der Waals surface area contributed by atoms with Gasteiger partial charge in [0, 0.05) is 26.1 Å². The van der Waals surface area contributed by atoms with Crippen molar-refractivity contribution >= 4 is 18.0 Å². The number of hydrogen-bond acceptors (Lipinski definition) is 3. The van der Waals surface area contributed by atoms with Crippen LogP contribution in [0.25, 0.3) is 0 Å². The Hall–Kier alpha value is -2.57. The van der Waals surface area contributed by atoms with E-state index in [1.807, 2.05) is 24.3 Å². The molecule has 7 heteroatoms. The van der Waals surface area contributed by atoms with Crippen molar-refractivity contribution in [3.63, 3.8) is 0 Å². The number of carboxylic acid groups (broad SMARTS) is 2. The Kier molecular flexibility index (Phi) is 8.49. The molecular weight excluding hydrogens is 372 g/mol. The highest BCUT2D eigenvalue weighted by Gasteiger charge is 2.37. The molecule has 160 valence electrons. The normalized spacial score (nSPS) is 16.8. The molecule has 1 aliphatic rings. The second-order valence-electron chi connectivity index (χ2n) is 7.66. The van der Waals surface area contributed by atoms with E-state index in [1.54, 1.807) is 6.92 Å². The van der Waals surface area contributed by atoms with Crippen LogP contribution in [0.4, 0.5) is 4.79 Å². The van der Waals surface area contributed by atoms with Gasteiger partial charge < -0.3 is 20.0 Å². The zero-order valence-corrected chi connectivity index (χ0v) is 17.3. The Morgan fingerprint density at radius 1 is 1.10 bits per heavy atom. The second kappa shape index (κ2) is 10.8. The van der Waals surface area contributed by atoms with Crippen molar-refractivity contribution in [2.75, 3.05) is 13.1 Å². The third-order valence-corrected chi connectivity index (χ3v) is 5.63. The number of urea groups is 1. The molecular formula is C22H32N2O5. The van der Waals surface area contributed by atoms with Crippen LogP contribution < -0.4 is 0 Å². The molecule has 29 heavy (non-hydrogen) atoms. The van der Waals surface area contributed by atoms with Gasteiger partial charge in [-0.05, 0) is 24.5 Å². The number of rotatable bonds is 10. The highest BCUT2D eigenvalue weighted by molar-refractivity contribution is 5.84.